The van der Waals surface area contributed by atoms with Crippen molar-refractivity contribution in [3.05, 3.63) is 0 Å². The van der Waals surface area contributed by atoms with Gasteiger partial charge in [-0.15, -0.1) is 0 Å². The molecule has 3 heteroatoms. The summed E-state index contributed by atoms with van der Waals surface area (Å²) in [5.74, 6) is 0. The second-order valence-corrected chi connectivity index (χ2v) is 7.53. The molecule has 0 aromatic carbocycles. The van der Waals surface area contributed by atoms with Gasteiger partial charge in [-0.3, -0.25) is 0 Å². The van der Waals surface area contributed by atoms with Gasteiger partial charge in [0.05, 0.1) is 17.8 Å². The third-order valence-electron chi connectivity index (χ3n) is 4.17. The SMILES string of the molecule is COC(C)(C)CCOC1(CCNC(C)(C)C)CCC1. The number of ether oxygens (including phenoxy) is 2. The van der Waals surface area contributed by atoms with E-state index in [-0.39, 0.29) is 16.7 Å². The van der Waals surface area contributed by atoms with Crippen LogP contribution in [0, 0.1) is 0 Å². The van der Waals surface area contributed by atoms with E-state index in [0.717, 1.165) is 26.0 Å². The van der Waals surface area contributed by atoms with Gasteiger partial charge >= 0.3 is 0 Å². The van der Waals surface area contributed by atoms with Crippen molar-refractivity contribution in [1.82, 2.24) is 5.32 Å². The minimum absolute atomic E-state index is 0.0748. The van der Waals surface area contributed by atoms with Crippen molar-refractivity contribution in [3.8, 4) is 0 Å². The summed E-state index contributed by atoms with van der Waals surface area (Å²) in [7, 11) is 1.77. The van der Waals surface area contributed by atoms with Crippen molar-refractivity contribution in [3.63, 3.8) is 0 Å². The van der Waals surface area contributed by atoms with Crippen LogP contribution >= 0.6 is 0 Å². The maximum atomic E-state index is 6.20. The molecule has 1 rings (SSSR count). The summed E-state index contributed by atoms with van der Waals surface area (Å²) in [5, 5.41) is 3.56. The molecule has 0 atom stereocenters. The van der Waals surface area contributed by atoms with Crippen LogP contribution in [0.2, 0.25) is 0 Å². The average Bonchev–Trinajstić information content (AvgIpc) is 2.23. The fraction of sp³-hybridized carbons (Fsp3) is 1.00. The second-order valence-electron chi connectivity index (χ2n) is 7.53. The molecule has 1 aliphatic rings. The predicted molar refractivity (Wildman–Crippen MR) is 80.6 cm³/mol. The van der Waals surface area contributed by atoms with Gasteiger partial charge in [-0.1, -0.05) is 0 Å². The molecule has 0 radical (unpaired) electrons. The Morgan fingerprint density at radius 2 is 1.74 bits per heavy atom. The van der Waals surface area contributed by atoms with Crippen LogP contribution in [0.15, 0.2) is 0 Å². The normalized spacial score (nSPS) is 19.3. The summed E-state index contributed by atoms with van der Waals surface area (Å²) in [4.78, 5) is 0. The molecule has 114 valence electrons. The Hall–Kier alpha value is -0.120. The summed E-state index contributed by atoms with van der Waals surface area (Å²) in [6.07, 6.45) is 5.82. The number of hydrogen-bond acceptors (Lipinski definition) is 3. The molecule has 0 heterocycles. The molecule has 19 heavy (non-hydrogen) atoms. The minimum atomic E-state index is -0.0748. The Morgan fingerprint density at radius 1 is 1.11 bits per heavy atom. The smallest absolute Gasteiger partial charge is 0.0694 e. The van der Waals surface area contributed by atoms with Gasteiger partial charge in [-0.2, -0.15) is 0 Å². The van der Waals surface area contributed by atoms with Crippen LogP contribution in [-0.4, -0.2) is 37.0 Å². The lowest BCUT2D eigenvalue weighted by atomic mass is 9.77. The van der Waals surface area contributed by atoms with Gasteiger partial charge in [0.15, 0.2) is 0 Å². The number of nitrogens with one attached hydrogen (secondary N) is 1. The number of hydrogen-bond donors (Lipinski definition) is 1. The molecular weight excluding hydrogens is 238 g/mol. The highest BCUT2D eigenvalue weighted by molar-refractivity contribution is 4.91. The van der Waals surface area contributed by atoms with E-state index in [1.54, 1.807) is 7.11 Å². The zero-order valence-electron chi connectivity index (χ0n) is 13.8. The summed E-state index contributed by atoms with van der Waals surface area (Å²) in [5.41, 5.74) is 0.264. The van der Waals surface area contributed by atoms with Crippen LogP contribution in [-0.2, 0) is 9.47 Å². The molecule has 0 aromatic rings. The molecule has 1 fully saturated rings. The Morgan fingerprint density at radius 3 is 2.16 bits per heavy atom. The van der Waals surface area contributed by atoms with E-state index < -0.39 is 0 Å². The van der Waals surface area contributed by atoms with E-state index in [0.29, 0.717) is 0 Å². The van der Waals surface area contributed by atoms with E-state index in [9.17, 15) is 0 Å². The van der Waals surface area contributed by atoms with E-state index >= 15 is 0 Å². The highest BCUT2D eigenvalue weighted by Crippen LogP contribution is 2.38. The summed E-state index contributed by atoms with van der Waals surface area (Å²) in [6, 6.07) is 0. The Kier molecular flexibility index (Phi) is 5.84. The molecule has 0 aliphatic heterocycles. The Bertz CT molecular complexity index is 264. The fourth-order valence-corrected chi connectivity index (χ4v) is 2.32. The monoisotopic (exact) mass is 271 g/mol. The maximum Gasteiger partial charge on any atom is 0.0694 e. The van der Waals surface area contributed by atoms with Crippen LogP contribution in [0.4, 0.5) is 0 Å². The third-order valence-corrected chi connectivity index (χ3v) is 4.17. The predicted octanol–water partition coefficient (Wildman–Crippen LogP) is 3.52. The fourth-order valence-electron chi connectivity index (χ4n) is 2.32. The largest absolute Gasteiger partial charge is 0.379 e. The van der Waals surface area contributed by atoms with Gasteiger partial charge in [-0.25, -0.2) is 0 Å². The lowest BCUT2D eigenvalue weighted by Gasteiger charge is -2.43. The summed E-state index contributed by atoms with van der Waals surface area (Å²) >= 11 is 0. The highest BCUT2D eigenvalue weighted by Gasteiger charge is 2.38. The topological polar surface area (TPSA) is 30.5 Å². The van der Waals surface area contributed by atoms with Crippen LogP contribution in [0.1, 0.15) is 66.7 Å². The molecule has 1 saturated carbocycles. The van der Waals surface area contributed by atoms with Crippen molar-refractivity contribution in [2.75, 3.05) is 20.3 Å². The Labute approximate surface area is 119 Å². The molecule has 0 spiro atoms. The van der Waals surface area contributed by atoms with Gasteiger partial charge in [0.1, 0.15) is 0 Å². The van der Waals surface area contributed by atoms with Crippen LogP contribution in [0.25, 0.3) is 0 Å². The highest BCUT2D eigenvalue weighted by atomic mass is 16.5. The first-order chi connectivity index (χ1) is 8.68. The summed E-state index contributed by atoms with van der Waals surface area (Å²) < 4.78 is 11.6. The minimum Gasteiger partial charge on any atom is -0.379 e. The van der Waals surface area contributed by atoms with Crippen molar-refractivity contribution in [1.29, 1.82) is 0 Å². The van der Waals surface area contributed by atoms with E-state index in [1.807, 2.05) is 0 Å². The molecule has 0 aromatic heterocycles. The quantitative estimate of drug-likeness (QED) is 0.732. The molecule has 0 unspecified atom stereocenters. The lowest BCUT2D eigenvalue weighted by molar-refractivity contribution is -0.120. The molecule has 0 saturated heterocycles. The van der Waals surface area contributed by atoms with Crippen molar-refractivity contribution >= 4 is 0 Å². The Balaban J connectivity index is 2.28. The zero-order valence-corrected chi connectivity index (χ0v) is 13.8. The van der Waals surface area contributed by atoms with Crippen molar-refractivity contribution in [2.24, 2.45) is 0 Å². The number of rotatable bonds is 8. The van der Waals surface area contributed by atoms with Gasteiger partial charge < -0.3 is 14.8 Å². The van der Waals surface area contributed by atoms with Crippen LogP contribution in [0.3, 0.4) is 0 Å². The molecule has 3 nitrogen and oxygen atoms in total. The maximum absolute atomic E-state index is 6.20. The first-order valence-corrected chi connectivity index (χ1v) is 7.62. The van der Waals surface area contributed by atoms with Gasteiger partial charge in [0.2, 0.25) is 0 Å². The van der Waals surface area contributed by atoms with Crippen molar-refractivity contribution in [2.45, 2.75) is 83.5 Å². The zero-order chi connectivity index (χ0) is 14.6. The van der Waals surface area contributed by atoms with Gasteiger partial charge in [0, 0.05) is 12.6 Å². The average molecular weight is 271 g/mol. The molecule has 0 bridgehead atoms. The third kappa shape index (κ3) is 6.24. The molecule has 0 amide bonds. The molecular formula is C16H33NO2. The first kappa shape index (κ1) is 16.9. The second kappa shape index (κ2) is 6.55. The molecule has 1 aliphatic carbocycles. The molecule has 1 N–H and O–H groups in total. The standard InChI is InChI=1S/C16H33NO2/c1-14(2,3)17-12-10-16(8-7-9-16)19-13-11-15(4,5)18-6/h17H,7-13H2,1-6H3. The van der Waals surface area contributed by atoms with E-state index in [2.05, 4.69) is 39.9 Å². The van der Waals surface area contributed by atoms with Crippen molar-refractivity contribution < 1.29 is 9.47 Å². The van der Waals surface area contributed by atoms with Crippen LogP contribution in [0.5, 0.6) is 0 Å². The van der Waals surface area contributed by atoms with Gasteiger partial charge in [-0.05, 0) is 73.3 Å². The van der Waals surface area contributed by atoms with E-state index in [1.165, 1.54) is 19.3 Å². The lowest BCUT2D eigenvalue weighted by Crippen LogP contribution is -2.46. The first-order valence-electron chi connectivity index (χ1n) is 7.62. The van der Waals surface area contributed by atoms with Crippen LogP contribution < -0.4 is 5.32 Å². The number of methoxy groups -OCH3 is 1. The van der Waals surface area contributed by atoms with E-state index in [4.69, 9.17) is 9.47 Å². The summed E-state index contributed by atoms with van der Waals surface area (Å²) in [6.45, 7) is 12.7. The van der Waals surface area contributed by atoms with Gasteiger partial charge in [0.25, 0.3) is 0 Å².